The lowest BCUT2D eigenvalue weighted by Crippen LogP contribution is -2.12. The average Bonchev–Trinajstić information content (AvgIpc) is 2.90. The number of benzene rings is 1. The Balaban J connectivity index is 2.06. The smallest absolute Gasteiger partial charge is 0.104 e. The molecule has 1 aliphatic heterocycles. The third-order valence-corrected chi connectivity index (χ3v) is 3.67. The second-order valence-corrected chi connectivity index (χ2v) is 4.88. The highest BCUT2D eigenvalue weighted by molar-refractivity contribution is 7.98. The summed E-state index contributed by atoms with van der Waals surface area (Å²) in [4.78, 5) is 4.86. The molecule has 0 saturated carbocycles. The Morgan fingerprint density at radius 2 is 2.06 bits per heavy atom. The topological polar surface area (TPSA) is 60.3 Å². The molecule has 1 heterocycles. The normalized spacial score (nSPS) is 15.3. The first-order valence-electron chi connectivity index (χ1n) is 5.85. The van der Waals surface area contributed by atoms with Gasteiger partial charge in [-0.2, -0.15) is 5.26 Å². The van der Waals surface area contributed by atoms with E-state index in [0.717, 1.165) is 18.8 Å². The fourth-order valence-electron chi connectivity index (χ4n) is 1.85. The molecular formula is C12H16N4OS. The first-order valence-corrected chi connectivity index (χ1v) is 6.62. The van der Waals surface area contributed by atoms with E-state index in [-0.39, 0.29) is 0 Å². The zero-order valence-electron chi connectivity index (χ0n) is 10.3. The molecule has 0 spiro atoms. The molecular weight excluding hydrogens is 248 g/mol. The SMILES string of the molecule is CONc1cccc(NSN2CCCC2)c1C#N. The van der Waals surface area contributed by atoms with Gasteiger partial charge in [-0.25, -0.2) is 4.31 Å². The molecule has 5 nitrogen and oxygen atoms in total. The molecule has 1 aromatic rings. The number of nitrogens with one attached hydrogen (secondary N) is 2. The monoisotopic (exact) mass is 264 g/mol. The predicted molar refractivity (Wildman–Crippen MR) is 73.8 cm³/mol. The Morgan fingerprint density at radius 3 is 2.72 bits per heavy atom. The van der Waals surface area contributed by atoms with Crippen LogP contribution in [0.15, 0.2) is 18.2 Å². The fourth-order valence-corrected chi connectivity index (χ4v) is 2.68. The van der Waals surface area contributed by atoms with Gasteiger partial charge in [0.1, 0.15) is 11.6 Å². The highest BCUT2D eigenvalue weighted by Gasteiger charge is 2.14. The van der Waals surface area contributed by atoms with E-state index in [1.807, 2.05) is 18.2 Å². The van der Waals surface area contributed by atoms with Crippen LogP contribution in [0.1, 0.15) is 18.4 Å². The maximum Gasteiger partial charge on any atom is 0.104 e. The molecule has 1 fully saturated rings. The van der Waals surface area contributed by atoms with Crippen LogP contribution in [0.2, 0.25) is 0 Å². The molecule has 0 aromatic heterocycles. The average molecular weight is 264 g/mol. The standard InChI is InChI=1S/C12H16N4OS/c1-17-14-11-5-4-6-12(10(11)9-13)15-18-16-7-2-3-8-16/h4-6,14-15H,2-3,7-8H2,1H3. The van der Waals surface area contributed by atoms with Crippen LogP contribution >= 0.6 is 12.1 Å². The van der Waals surface area contributed by atoms with Gasteiger partial charge in [-0.3, -0.25) is 10.3 Å². The van der Waals surface area contributed by atoms with Crippen LogP contribution in [-0.4, -0.2) is 24.5 Å². The van der Waals surface area contributed by atoms with Crippen LogP contribution in [0.4, 0.5) is 11.4 Å². The maximum atomic E-state index is 9.21. The van der Waals surface area contributed by atoms with Gasteiger partial charge in [0.25, 0.3) is 0 Å². The molecule has 0 atom stereocenters. The summed E-state index contributed by atoms with van der Waals surface area (Å²) in [6.45, 7) is 2.19. The van der Waals surface area contributed by atoms with Crippen molar-refractivity contribution in [3.63, 3.8) is 0 Å². The van der Waals surface area contributed by atoms with Gasteiger partial charge in [0.05, 0.1) is 18.5 Å². The molecule has 0 radical (unpaired) electrons. The lowest BCUT2D eigenvalue weighted by molar-refractivity contribution is 0.271. The Bertz CT molecular complexity index is 440. The predicted octanol–water partition coefficient (Wildman–Crippen LogP) is 2.60. The van der Waals surface area contributed by atoms with Crippen molar-refractivity contribution in [2.24, 2.45) is 0 Å². The molecule has 1 aliphatic rings. The van der Waals surface area contributed by atoms with E-state index in [1.165, 1.54) is 20.0 Å². The van der Waals surface area contributed by atoms with Crippen molar-refractivity contribution < 1.29 is 4.84 Å². The second kappa shape index (κ2) is 6.50. The van der Waals surface area contributed by atoms with Gasteiger partial charge < -0.3 is 4.72 Å². The van der Waals surface area contributed by atoms with Crippen LogP contribution in [0.25, 0.3) is 0 Å². The van der Waals surface area contributed by atoms with Crippen molar-refractivity contribution in [3.05, 3.63) is 23.8 Å². The molecule has 6 heteroatoms. The number of rotatable bonds is 5. The minimum absolute atomic E-state index is 0.561. The number of hydrogen-bond donors (Lipinski definition) is 2. The van der Waals surface area contributed by atoms with Crippen molar-refractivity contribution in [2.75, 3.05) is 30.4 Å². The van der Waals surface area contributed by atoms with E-state index in [1.54, 1.807) is 12.1 Å². The second-order valence-electron chi connectivity index (χ2n) is 3.98. The maximum absolute atomic E-state index is 9.21. The van der Waals surface area contributed by atoms with E-state index in [4.69, 9.17) is 4.84 Å². The summed E-state index contributed by atoms with van der Waals surface area (Å²) in [5, 5.41) is 9.21. The number of anilines is 2. The largest absolute Gasteiger partial charge is 0.315 e. The number of nitrogens with zero attached hydrogens (tertiary/aromatic N) is 2. The Morgan fingerprint density at radius 1 is 1.33 bits per heavy atom. The zero-order valence-corrected chi connectivity index (χ0v) is 11.1. The zero-order chi connectivity index (χ0) is 12.8. The van der Waals surface area contributed by atoms with Gasteiger partial charge >= 0.3 is 0 Å². The highest BCUT2D eigenvalue weighted by Crippen LogP contribution is 2.27. The number of nitriles is 1. The Kier molecular flexibility index (Phi) is 4.70. The molecule has 0 unspecified atom stereocenters. The summed E-state index contributed by atoms with van der Waals surface area (Å²) in [5.74, 6) is 0. The van der Waals surface area contributed by atoms with Crippen LogP contribution in [0.3, 0.4) is 0 Å². The quantitative estimate of drug-likeness (QED) is 0.629. The van der Waals surface area contributed by atoms with Crippen molar-refractivity contribution in [3.8, 4) is 6.07 Å². The summed E-state index contributed by atoms with van der Waals surface area (Å²) in [7, 11) is 1.53. The molecule has 1 aromatic carbocycles. The van der Waals surface area contributed by atoms with E-state index in [2.05, 4.69) is 20.6 Å². The fraction of sp³-hybridized carbons (Fsp3) is 0.417. The Hall–Kier alpha value is -1.42. The minimum atomic E-state index is 0.561. The van der Waals surface area contributed by atoms with Gasteiger partial charge in [-0.15, -0.1) is 0 Å². The third-order valence-electron chi connectivity index (χ3n) is 2.74. The molecule has 96 valence electrons. The molecule has 0 amide bonds. The number of hydrogen-bond acceptors (Lipinski definition) is 6. The first kappa shape index (κ1) is 13.0. The Labute approximate surface area is 111 Å². The van der Waals surface area contributed by atoms with Crippen molar-refractivity contribution in [2.45, 2.75) is 12.8 Å². The van der Waals surface area contributed by atoms with Crippen molar-refractivity contribution in [1.29, 1.82) is 5.26 Å². The molecule has 1 saturated heterocycles. The summed E-state index contributed by atoms with van der Waals surface area (Å²) < 4.78 is 5.49. The van der Waals surface area contributed by atoms with Crippen molar-refractivity contribution in [1.82, 2.24) is 4.31 Å². The van der Waals surface area contributed by atoms with Crippen LogP contribution in [0, 0.1) is 11.3 Å². The molecule has 18 heavy (non-hydrogen) atoms. The summed E-state index contributed by atoms with van der Waals surface area (Å²) in [5.41, 5.74) is 4.75. The van der Waals surface area contributed by atoms with E-state index < -0.39 is 0 Å². The summed E-state index contributed by atoms with van der Waals surface area (Å²) in [6, 6.07) is 7.78. The van der Waals surface area contributed by atoms with E-state index in [9.17, 15) is 5.26 Å². The third kappa shape index (κ3) is 3.07. The molecule has 2 N–H and O–H groups in total. The van der Waals surface area contributed by atoms with Crippen molar-refractivity contribution >= 4 is 23.5 Å². The van der Waals surface area contributed by atoms with Crippen LogP contribution in [-0.2, 0) is 4.84 Å². The molecule has 2 rings (SSSR count). The van der Waals surface area contributed by atoms with Crippen LogP contribution < -0.4 is 10.2 Å². The van der Waals surface area contributed by atoms with Crippen LogP contribution in [0.5, 0.6) is 0 Å². The van der Waals surface area contributed by atoms with E-state index in [0.29, 0.717) is 11.3 Å². The van der Waals surface area contributed by atoms with E-state index >= 15 is 0 Å². The van der Waals surface area contributed by atoms with Gasteiger partial charge in [-0.05, 0) is 25.0 Å². The summed E-state index contributed by atoms with van der Waals surface area (Å²) in [6.07, 6.45) is 2.48. The minimum Gasteiger partial charge on any atom is -0.315 e. The van der Waals surface area contributed by atoms with Gasteiger partial charge in [0.2, 0.25) is 0 Å². The lowest BCUT2D eigenvalue weighted by Gasteiger charge is -2.16. The van der Waals surface area contributed by atoms with Gasteiger partial charge in [0.15, 0.2) is 0 Å². The van der Waals surface area contributed by atoms with Gasteiger partial charge in [0, 0.05) is 25.2 Å². The van der Waals surface area contributed by atoms with Gasteiger partial charge in [-0.1, -0.05) is 6.07 Å². The lowest BCUT2D eigenvalue weighted by atomic mass is 10.1. The summed E-state index contributed by atoms with van der Waals surface area (Å²) >= 11 is 1.56. The first-order chi connectivity index (χ1) is 8.85. The molecule has 0 aliphatic carbocycles. The highest BCUT2D eigenvalue weighted by atomic mass is 32.2. The molecule has 0 bridgehead atoms.